The molecule has 4 heteroatoms. The lowest BCUT2D eigenvalue weighted by molar-refractivity contribution is 0.101. The molecule has 0 atom stereocenters. The molecule has 0 aliphatic carbocycles. The Hall–Kier alpha value is -1.00. The number of hydrogen-bond donors (Lipinski definition) is 2. The van der Waals surface area contributed by atoms with Gasteiger partial charge in [-0.15, -0.1) is 0 Å². The fourth-order valence-corrected chi connectivity index (χ4v) is 1.22. The minimum Gasteiger partial charge on any atom is -0.398 e. The maximum atomic E-state index is 10.9. The van der Waals surface area contributed by atoms with Crippen molar-refractivity contribution in [2.24, 2.45) is 5.14 Å². The van der Waals surface area contributed by atoms with Crippen LogP contribution >= 0.6 is 11.9 Å². The van der Waals surface area contributed by atoms with Gasteiger partial charge in [-0.3, -0.25) is 9.93 Å². The van der Waals surface area contributed by atoms with Gasteiger partial charge in [-0.25, -0.2) is 0 Å². The highest BCUT2D eigenvalue weighted by atomic mass is 32.2. The highest BCUT2D eigenvalue weighted by Crippen LogP contribution is 2.21. The highest BCUT2D eigenvalue weighted by Gasteiger charge is 2.02. The molecule has 0 heterocycles. The third kappa shape index (κ3) is 1.78. The summed E-state index contributed by atoms with van der Waals surface area (Å²) in [6, 6.07) is 5.10. The van der Waals surface area contributed by atoms with Crippen LogP contribution in [0.1, 0.15) is 17.3 Å². The molecule has 0 bridgehead atoms. The molecule has 0 radical (unpaired) electrons. The molecule has 0 spiro atoms. The van der Waals surface area contributed by atoms with Crippen LogP contribution in [0.3, 0.4) is 0 Å². The Morgan fingerprint density at radius 1 is 1.50 bits per heavy atom. The molecule has 0 fully saturated rings. The second-order valence-corrected chi connectivity index (χ2v) is 3.10. The number of ketones is 1. The summed E-state index contributed by atoms with van der Waals surface area (Å²) in [6.07, 6.45) is 0. The molecule has 0 amide bonds. The molecule has 64 valence electrons. The molecule has 0 aliphatic heterocycles. The Morgan fingerprint density at radius 3 is 2.58 bits per heavy atom. The maximum Gasteiger partial charge on any atom is 0.159 e. The molecule has 3 nitrogen and oxygen atoms in total. The lowest BCUT2D eigenvalue weighted by atomic mass is 10.1. The molecule has 12 heavy (non-hydrogen) atoms. The van der Waals surface area contributed by atoms with E-state index in [1.165, 1.54) is 6.92 Å². The molecule has 0 aromatic heterocycles. The number of Topliss-reactive ketones (excluding diaryl/α,β-unsaturated/α-hetero) is 1. The van der Waals surface area contributed by atoms with E-state index in [-0.39, 0.29) is 5.78 Å². The first-order valence-electron chi connectivity index (χ1n) is 3.42. The van der Waals surface area contributed by atoms with Crippen LogP contribution in [0.2, 0.25) is 0 Å². The summed E-state index contributed by atoms with van der Waals surface area (Å²) in [6.45, 7) is 1.50. The molecule has 0 unspecified atom stereocenters. The molecule has 1 aromatic rings. The van der Waals surface area contributed by atoms with Crippen molar-refractivity contribution >= 4 is 23.4 Å². The Bertz CT molecular complexity index is 312. The average Bonchev–Trinajstić information content (AvgIpc) is 2.04. The van der Waals surface area contributed by atoms with Crippen LogP contribution in [0.5, 0.6) is 0 Å². The minimum atomic E-state index is 0.00951. The Balaban J connectivity index is 3.10. The van der Waals surface area contributed by atoms with E-state index in [4.69, 9.17) is 10.9 Å². The fraction of sp³-hybridized carbons (Fsp3) is 0.125. The van der Waals surface area contributed by atoms with E-state index >= 15 is 0 Å². The van der Waals surface area contributed by atoms with Crippen molar-refractivity contribution < 1.29 is 4.79 Å². The van der Waals surface area contributed by atoms with Gasteiger partial charge in [-0.2, -0.15) is 0 Å². The average molecular weight is 182 g/mol. The van der Waals surface area contributed by atoms with Crippen LogP contribution < -0.4 is 10.9 Å². The van der Waals surface area contributed by atoms with Crippen molar-refractivity contribution in [2.45, 2.75) is 11.8 Å². The molecule has 1 aromatic carbocycles. The number of benzene rings is 1. The lowest BCUT2D eigenvalue weighted by Gasteiger charge is -2.02. The van der Waals surface area contributed by atoms with Crippen molar-refractivity contribution in [3.05, 3.63) is 23.8 Å². The van der Waals surface area contributed by atoms with Gasteiger partial charge in [0.05, 0.1) is 0 Å². The summed E-state index contributed by atoms with van der Waals surface area (Å²) < 4.78 is 0. The fourth-order valence-electron chi connectivity index (χ4n) is 0.875. The molecule has 1 rings (SSSR count). The summed E-state index contributed by atoms with van der Waals surface area (Å²) >= 11 is 1.08. The zero-order valence-corrected chi connectivity index (χ0v) is 7.52. The topological polar surface area (TPSA) is 69.1 Å². The number of carbonyl (C=O) groups excluding carboxylic acids is 1. The molecular formula is C8H10N2OS. The number of nitrogens with two attached hydrogens (primary N) is 2. The number of nitrogen functional groups attached to an aromatic ring is 1. The second kappa shape index (κ2) is 3.60. The van der Waals surface area contributed by atoms with Crippen LogP contribution in [0.4, 0.5) is 5.69 Å². The van der Waals surface area contributed by atoms with Gasteiger partial charge in [-0.05, 0) is 31.0 Å². The standard InChI is InChI=1S/C8H10N2OS/c1-5(11)6-2-3-8(12-10)7(9)4-6/h2-4H,9-10H2,1H3. The van der Waals surface area contributed by atoms with Gasteiger partial charge in [0, 0.05) is 16.1 Å². The first kappa shape index (κ1) is 9.09. The van der Waals surface area contributed by atoms with Crippen molar-refractivity contribution in [3.8, 4) is 0 Å². The van der Waals surface area contributed by atoms with E-state index in [2.05, 4.69) is 0 Å². The van der Waals surface area contributed by atoms with E-state index in [1.54, 1.807) is 18.2 Å². The van der Waals surface area contributed by atoms with Crippen LogP contribution in [0, 0.1) is 0 Å². The molecule has 0 aliphatic rings. The number of hydrogen-bond acceptors (Lipinski definition) is 4. The first-order chi connectivity index (χ1) is 5.65. The maximum absolute atomic E-state index is 10.9. The Morgan fingerprint density at radius 2 is 2.17 bits per heavy atom. The van der Waals surface area contributed by atoms with Crippen molar-refractivity contribution in [1.29, 1.82) is 0 Å². The van der Waals surface area contributed by atoms with Crippen LogP contribution in [-0.2, 0) is 0 Å². The molecule has 0 saturated carbocycles. The van der Waals surface area contributed by atoms with Crippen LogP contribution in [0.15, 0.2) is 23.1 Å². The SMILES string of the molecule is CC(=O)c1ccc(SN)c(N)c1. The predicted molar refractivity (Wildman–Crippen MR) is 50.9 cm³/mol. The summed E-state index contributed by atoms with van der Waals surface area (Å²) in [5.74, 6) is 0.00951. The van der Waals surface area contributed by atoms with E-state index in [1.807, 2.05) is 0 Å². The van der Waals surface area contributed by atoms with Gasteiger partial charge < -0.3 is 5.73 Å². The minimum absolute atomic E-state index is 0.00951. The van der Waals surface area contributed by atoms with E-state index < -0.39 is 0 Å². The summed E-state index contributed by atoms with van der Waals surface area (Å²) in [4.78, 5) is 11.7. The third-order valence-corrected chi connectivity index (χ3v) is 2.17. The normalized spacial score (nSPS) is 9.83. The van der Waals surface area contributed by atoms with E-state index in [0.29, 0.717) is 11.3 Å². The molecular weight excluding hydrogens is 172 g/mol. The predicted octanol–water partition coefficient (Wildman–Crippen LogP) is 1.44. The van der Waals surface area contributed by atoms with Crippen molar-refractivity contribution in [3.63, 3.8) is 0 Å². The lowest BCUT2D eigenvalue weighted by Crippen LogP contribution is -1.96. The van der Waals surface area contributed by atoms with Crippen molar-refractivity contribution in [1.82, 2.24) is 0 Å². The smallest absolute Gasteiger partial charge is 0.159 e. The Kier molecular flexibility index (Phi) is 2.73. The summed E-state index contributed by atoms with van der Waals surface area (Å²) in [5, 5.41) is 5.33. The van der Waals surface area contributed by atoms with Gasteiger partial charge in [0.2, 0.25) is 0 Å². The highest BCUT2D eigenvalue weighted by molar-refractivity contribution is 7.97. The van der Waals surface area contributed by atoms with Gasteiger partial charge in [0.25, 0.3) is 0 Å². The van der Waals surface area contributed by atoms with Gasteiger partial charge in [-0.1, -0.05) is 6.07 Å². The zero-order chi connectivity index (χ0) is 9.14. The van der Waals surface area contributed by atoms with Crippen LogP contribution in [0.25, 0.3) is 0 Å². The largest absolute Gasteiger partial charge is 0.398 e. The molecule has 0 saturated heterocycles. The monoisotopic (exact) mass is 182 g/mol. The summed E-state index contributed by atoms with van der Waals surface area (Å²) in [7, 11) is 0. The van der Waals surface area contributed by atoms with Crippen LogP contribution in [-0.4, -0.2) is 5.78 Å². The number of anilines is 1. The van der Waals surface area contributed by atoms with Gasteiger partial charge >= 0.3 is 0 Å². The van der Waals surface area contributed by atoms with E-state index in [9.17, 15) is 4.79 Å². The Labute approximate surface area is 75.3 Å². The third-order valence-electron chi connectivity index (χ3n) is 1.54. The van der Waals surface area contributed by atoms with E-state index in [0.717, 1.165) is 16.8 Å². The van der Waals surface area contributed by atoms with Gasteiger partial charge in [0.1, 0.15) is 0 Å². The first-order valence-corrected chi connectivity index (χ1v) is 4.30. The quantitative estimate of drug-likeness (QED) is 0.412. The van der Waals surface area contributed by atoms with Crippen molar-refractivity contribution in [2.75, 3.05) is 5.73 Å². The number of carbonyl (C=O) groups is 1. The summed E-state index contributed by atoms with van der Waals surface area (Å²) in [5.41, 5.74) is 6.78. The zero-order valence-electron chi connectivity index (χ0n) is 6.70. The molecule has 4 N–H and O–H groups in total. The number of rotatable bonds is 2. The second-order valence-electron chi connectivity index (χ2n) is 2.43. The van der Waals surface area contributed by atoms with Gasteiger partial charge in [0.15, 0.2) is 5.78 Å².